The molecule has 0 spiro atoms. The van der Waals surface area contributed by atoms with E-state index in [1.807, 2.05) is 0 Å². The van der Waals surface area contributed by atoms with E-state index in [9.17, 15) is 0 Å². The lowest BCUT2D eigenvalue weighted by Gasteiger charge is -2.22. The standard InChI is InChI=1S/C9H14ClN3S/c1-9(2,14-3)6-13-8-7(10)11-4-5-12-8/h4-5H,6H2,1-3H3,(H,12,13). The fourth-order valence-corrected chi connectivity index (χ4v) is 1.20. The van der Waals surface area contributed by atoms with Gasteiger partial charge in [0.15, 0.2) is 11.0 Å². The Hall–Kier alpha value is -0.480. The van der Waals surface area contributed by atoms with Gasteiger partial charge in [0.25, 0.3) is 0 Å². The summed E-state index contributed by atoms with van der Waals surface area (Å²) >= 11 is 7.65. The Morgan fingerprint density at radius 2 is 2.07 bits per heavy atom. The van der Waals surface area contributed by atoms with Crippen molar-refractivity contribution in [3.63, 3.8) is 0 Å². The fraction of sp³-hybridized carbons (Fsp3) is 0.556. The van der Waals surface area contributed by atoms with E-state index in [2.05, 4.69) is 35.4 Å². The molecule has 1 N–H and O–H groups in total. The Morgan fingerprint density at radius 1 is 1.43 bits per heavy atom. The third-order valence-electron chi connectivity index (χ3n) is 1.89. The molecule has 0 aliphatic carbocycles. The van der Waals surface area contributed by atoms with Crippen LogP contribution in [0.25, 0.3) is 0 Å². The minimum absolute atomic E-state index is 0.168. The SMILES string of the molecule is CSC(C)(C)CNc1nccnc1Cl. The molecule has 5 heteroatoms. The summed E-state index contributed by atoms with van der Waals surface area (Å²) in [6.07, 6.45) is 5.29. The molecule has 0 amide bonds. The van der Waals surface area contributed by atoms with Gasteiger partial charge in [-0.15, -0.1) is 0 Å². The minimum atomic E-state index is 0.168. The molecule has 1 aromatic heterocycles. The fourth-order valence-electron chi connectivity index (χ4n) is 0.808. The average molecular weight is 232 g/mol. The second-order valence-corrected chi connectivity index (χ2v) is 5.38. The first kappa shape index (κ1) is 11.6. The van der Waals surface area contributed by atoms with Crippen LogP contribution < -0.4 is 5.32 Å². The lowest BCUT2D eigenvalue weighted by molar-refractivity contribution is 0.749. The second kappa shape index (κ2) is 4.84. The van der Waals surface area contributed by atoms with Crippen molar-refractivity contribution in [2.24, 2.45) is 0 Å². The normalized spacial score (nSPS) is 11.4. The van der Waals surface area contributed by atoms with Gasteiger partial charge in [-0.2, -0.15) is 11.8 Å². The highest BCUT2D eigenvalue weighted by Crippen LogP contribution is 2.22. The lowest BCUT2D eigenvalue weighted by atomic mass is 10.2. The molecule has 1 rings (SSSR count). The number of rotatable bonds is 4. The van der Waals surface area contributed by atoms with Gasteiger partial charge in [-0.1, -0.05) is 11.6 Å². The van der Waals surface area contributed by atoms with Crippen molar-refractivity contribution in [2.45, 2.75) is 18.6 Å². The van der Waals surface area contributed by atoms with Gasteiger partial charge in [-0.3, -0.25) is 0 Å². The third kappa shape index (κ3) is 3.35. The monoisotopic (exact) mass is 231 g/mol. The van der Waals surface area contributed by atoms with Crippen LogP contribution in [0.3, 0.4) is 0 Å². The first-order valence-corrected chi connectivity index (χ1v) is 5.91. The maximum atomic E-state index is 5.85. The number of thioether (sulfide) groups is 1. The van der Waals surface area contributed by atoms with Crippen LogP contribution in [0.4, 0.5) is 5.82 Å². The van der Waals surface area contributed by atoms with Crippen molar-refractivity contribution in [1.29, 1.82) is 0 Å². The Labute approximate surface area is 93.7 Å². The van der Waals surface area contributed by atoms with E-state index in [0.717, 1.165) is 6.54 Å². The molecular formula is C9H14ClN3S. The van der Waals surface area contributed by atoms with E-state index in [1.165, 1.54) is 0 Å². The molecule has 78 valence electrons. The Kier molecular flexibility index (Phi) is 4.01. The summed E-state index contributed by atoms with van der Waals surface area (Å²) in [5.41, 5.74) is 0. The zero-order valence-electron chi connectivity index (χ0n) is 8.54. The molecule has 0 atom stereocenters. The van der Waals surface area contributed by atoms with Crippen LogP contribution in [-0.2, 0) is 0 Å². The second-order valence-electron chi connectivity index (χ2n) is 3.51. The maximum absolute atomic E-state index is 5.85. The summed E-state index contributed by atoms with van der Waals surface area (Å²) in [5, 5.41) is 3.60. The predicted molar refractivity (Wildman–Crippen MR) is 63.1 cm³/mol. The Bertz CT molecular complexity index is 304. The summed E-state index contributed by atoms with van der Waals surface area (Å²) in [6, 6.07) is 0. The molecule has 0 aliphatic heterocycles. The Morgan fingerprint density at radius 3 is 2.64 bits per heavy atom. The largest absolute Gasteiger partial charge is 0.366 e. The van der Waals surface area contributed by atoms with Gasteiger partial charge in [0, 0.05) is 23.7 Å². The van der Waals surface area contributed by atoms with E-state index in [4.69, 9.17) is 11.6 Å². The van der Waals surface area contributed by atoms with E-state index in [0.29, 0.717) is 11.0 Å². The van der Waals surface area contributed by atoms with Crippen LogP contribution in [0.5, 0.6) is 0 Å². The van der Waals surface area contributed by atoms with Gasteiger partial charge >= 0.3 is 0 Å². The summed E-state index contributed by atoms with van der Waals surface area (Å²) in [4.78, 5) is 8.04. The number of nitrogens with one attached hydrogen (secondary N) is 1. The first-order valence-electron chi connectivity index (χ1n) is 4.31. The number of aromatic nitrogens is 2. The highest BCUT2D eigenvalue weighted by Gasteiger charge is 2.16. The van der Waals surface area contributed by atoms with E-state index >= 15 is 0 Å². The molecule has 0 aromatic carbocycles. The molecule has 3 nitrogen and oxygen atoms in total. The quantitative estimate of drug-likeness (QED) is 0.865. The predicted octanol–water partition coefficient (Wildman–Crippen LogP) is 2.68. The van der Waals surface area contributed by atoms with E-state index < -0.39 is 0 Å². The van der Waals surface area contributed by atoms with Crippen LogP contribution in [0.15, 0.2) is 12.4 Å². The number of anilines is 1. The van der Waals surface area contributed by atoms with Crippen molar-refractivity contribution in [3.05, 3.63) is 17.5 Å². The maximum Gasteiger partial charge on any atom is 0.171 e. The van der Waals surface area contributed by atoms with Gasteiger partial charge in [-0.05, 0) is 20.1 Å². The lowest BCUT2D eigenvalue weighted by Crippen LogP contribution is -2.26. The van der Waals surface area contributed by atoms with Crippen LogP contribution >= 0.6 is 23.4 Å². The summed E-state index contributed by atoms with van der Waals surface area (Å²) in [5.74, 6) is 0.649. The molecule has 1 heterocycles. The van der Waals surface area contributed by atoms with E-state index in [-0.39, 0.29) is 4.75 Å². The number of hydrogen-bond donors (Lipinski definition) is 1. The summed E-state index contributed by atoms with van der Waals surface area (Å²) in [6.45, 7) is 5.14. The number of halogens is 1. The molecule has 0 unspecified atom stereocenters. The van der Waals surface area contributed by atoms with E-state index in [1.54, 1.807) is 24.2 Å². The molecule has 0 aliphatic rings. The Balaban J connectivity index is 2.58. The molecule has 0 saturated heterocycles. The molecule has 0 saturated carbocycles. The van der Waals surface area contributed by atoms with Crippen molar-refractivity contribution < 1.29 is 0 Å². The van der Waals surface area contributed by atoms with Gasteiger partial charge in [0.1, 0.15) is 0 Å². The van der Waals surface area contributed by atoms with Crippen molar-refractivity contribution in [3.8, 4) is 0 Å². The molecule has 0 bridgehead atoms. The van der Waals surface area contributed by atoms with Crippen LogP contribution in [0.1, 0.15) is 13.8 Å². The summed E-state index contributed by atoms with van der Waals surface area (Å²) < 4.78 is 0.168. The van der Waals surface area contributed by atoms with Crippen molar-refractivity contribution in [1.82, 2.24) is 9.97 Å². The topological polar surface area (TPSA) is 37.8 Å². The molecule has 0 fully saturated rings. The molecule has 1 aromatic rings. The third-order valence-corrected chi connectivity index (χ3v) is 3.41. The molecule has 0 radical (unpaired) electrons. The van der Waals surface area contributed by atoms with Crippen molar-refractivity contribution in [2.75, 3.05) is 18.1 Å². The van der Waals surface area contributed by atoms with Crippen LogP contribution in [-0.4, -0.2) is 27.5 Å². The van der Waals surface area contributed by atoms with Gasteiger partial charge in [0.05, 0.1) is 0 Å². The van der Waals surface area contributed by atoms with Crippen molar-refractivity contribution >= 4 is 29.2 Å². The average Bonchev–Trinajstić information content (AvgIpc) is 2.17. The van der Waals surface area contributed by atoms with Gasteiger partial charge < -0.3 is 5.32 Å². The van der Waals surface area contributed by atoms with Gasteiger partial charge in [-0.25, -0.2) is 9.97 Å². The molecule has 14 heavy (non-hydrogen) atoms. The molecular weight excluding hydrogens is 218 g/mol. The zero-order valence-corrected chi connectivity index (χ0v) is 10.1. The minimum Gasteiger partial charge on any atom is -0.366 e. The highest BCUT2D eigenvalue weighted by atomic mass is 35.5. The van der Waals surface area contributed by atoms with Gasteiger partial charge in [0.2, 0.25) is 0 Å². The smallest absolute Gasteiger partial charge is 0.171 e. The summed E-state index contributed by atoms with van der Waals surface area (Å²) in [7, 11) is 0. The number of hydrogen-bond acceptors (Lipinski definition) is 4. The first-order chi connectivity index (χ1) is 6.55. The van der Waals surface area contributed by atoms with Crippen LogP contribution in [0, 0.1) is 0 Å². The zero-order chi connectivity index (χ0) is 10.6. The number of nitrogens with zero attached hydrogens (tertiary/aromatic N) is 2. The highest BCUT2D eigenvalue weighted by molar-refractivity contribution is 7.99. The van der Waals surface area contributed by atoms with Crippen LogP contribution in [0.2, 0.25) is 5.15 Å².